The van der Waals surface area contributed by atoms with Crippen molar-refractivity contribution in [2.75, 3.05) is 30.8 Å². The molecule has 0 unspecified atom stereocenters. The average molecular weight is 359 g/mol. The molecule has 0 radical (unpaired) electrons. The fourth-order valence-corrected chi connectivity index (χ4v) is 4.08. The summed E-state index contributed by atoms with van der Waals surface area (Å²) in [6.45, 7) is 3.94. The first-order valence-electron chi connectivity index (χ1n) is 9.60. The van der Waals surface area contributed by atoms with E-state index in [1.807, 2.05) is 6.92 Å². The number of nitrogens with zero attached hydrogens (tertiary/aromatic N) is 1. The van der Waals surface area contributed by atoms with Crippen molar-refractivity contribution in [1.29, 1.82) is 0 Å². The number of fused-ring (bicyclic) bond motifs is 2. The molecule has 1 saturated heterocycles. The number of likely N-dealkylation sites (tertiary alicyclic amines) is 1. The van der Waals surface area contributed by atoms with E-state index in [1.54, 1.807) is 25.3 Å². The molecule has 1 aliphatic carbocycles. The first kappa shape index (κ1) is 18.7. The van der Waals surface area contributed by atoms with Gasteiger partial charge in [0.05, 0.1) is 12.8 Å². The molecule has 142 valence electrons. The van der Waals surface area contributed by atoms with Crippen molar-refractivity contribution in [2.24, 2.45) is 5.92 Å². The molecule has 2 amide bonds. The second-order valence-electron chi connectivity index (χ2n) is 7.34. The summed E-state index contributed by atoms with van der Waals surface area (Å²) in [7, 11) is 1.55. The van der Waals surface area contributed by atoms with Gasteiger partial charge in [0.1, 0.15) is 5.75 Å². The number of carbonyl (C=O) groups excluding carboxylic acids is 2. The third kappa shape index (κ3) is 4.55. The van der Waals surface area contributed by atoms with E-state index in [2.05, 4.69) is 15.5 Å². The van der Waals surface area contributed by atoms with Crippen LogP contribution in [0.3, 0.4) is 0 Å². The Labute approximate surface area is 155 Å². The molecule has 26 heavy (non-hydrogen) atoms. The van der Waals surface area contributed by atoms with E-state index in [4.69, 9.17) is 4.74 Å². The zero-order valence-electron chi connectivity index (χ0n) is 15.7. The van der Waals surface area contributed by atoms with Crippen LogP contribution in [0, 0.1) is 5.92 Å². The van der Waals surface area contributed by atoms with Gasteiger partial charge in [0.15, 0.2) is 0 Å². The summed E-state index contributed by atoms with van der Waals surface area (Å²) in [5, 5.41) is 5.77. The minimum Gasteiger partial charge on any atom is -0.494 e. The molecule has 2 fully saturated rings. The van der Waals surface area contributed by atoms with E-state index in [0.717, 1.165) is 25.4 Å². The molecule has 2 atom stereocenters. The number of amides is 2. The van der Waals surface area contributed by atoms with Gasteiger partial charge >= 0.3 is 0 Å². The van der Waals surface area contributed by atoms with Gasteiger partial charge in [0, 0.05) is 43.7 Å². The lowest BCUT2D eigenvalue weighted by atomic mass is 10.1. The van der Waals surface area contributed by atoms with Crippen molar-refractivity contribution in [3.8, 4) is 5.75 Å². The van der Waals surface area contributed by atoms with Gasteiger partial charge < -0.3 is 15.4 Å². The Morgan fingerprint density at radius 3 is 2.65 bits per heavy atom. The largest absolute Gasteiger partial charge is 0.494 e. The number of hydrogen-bond acceptors (Lipinski definition) is 4. The number of hydrogen-bond donors (Lipinski definition) is 2. The molecule has 6 nitrogen and oxygen atoms in total. The van der Waals surface area contributed by atoms with Crippen molar-refractivity contribution in [2.45, 2.75) is 51.5 Å². The third-order valence-corrected chi connectivity index (χ3v) is 5.39. The maximum absolute atomic E-state index is 12.3. The Hall–Kier alpha value is -2.08. The predicted molar refractivity (Wildman–Crippen MR) is 102 cm³/mol. The van der Waals surface area contributed by atoms with E-state index >= 15 is 0 Å². The lowest BCUT2D eigenvalue weighted by Crippen LogP contribution is -2.34. The molecule has 0 spiro atoms. The first-order chi connectivity index (χ1) is 12.6. The van der Waals surface area contributed by atoms with Crippen LogP contribution < -0.4 is 15.4 Å². The maximum Gasteiger partial charge on any atom is 0.225 e. The van der Waals surface area contributed by atoms with Crippen molar-refractivity contribution in [3.63, 3.8) is 0 Å². The lowest BCUT2D eigenvalue weighted by molar-refractivity contribution is -0.117. The third-order valence-electron chi connectivity index (χ3n) is 5.39. The fourth-order valence-electron chi connectivity index (χ4n) is 4.08. The van der Waals surface area contributed by atoms with Crippen LogP contribution in [0.25, 0.3) is 0 Å². The van der Waals surface area contributed by atoms with E-state index in [9.17, 15) is 9.59 Å². The summed E-state index contributed by atoms with van der Waals surface area (Å²) in [5.74, 6) is 1.37. The van der Waals surface area contributed by atoms with Crippen molar-refractivity contribution in [1.82, 2.24) is 4.90 Å². The van der Waals surface area contributed by atoms with Crippen molar-refractivity contribution < 1.29 is 14.3 Å². The topological polar surface area (TPSA) is 70.7 Å². The van der Waals surface area contributed by atoms with Crippen molar-refractivity contribution >= 4 is 23.2 Å². The van der Waals surface area contributed by atoms with Crippen LogP contribution >= 0.6 is 0 Å². The molecule has 1 aromatic rings. The fraction of sp³-hybridized carbons (Fsp3) is 0.600. The van der Waals surface area contributed by atoms with Crippen LogP contribution in [0.1, 0.15) is 45.4 Å². The standard InChI is InChI=1S/C20H29N3O3/c1-3-4-19(24)22-17-8-6-15(12-18(17)26-2)21-20(25)9-10-23-13-14-5-7-16(23)11-14/h6,8,12,14,16H,3-5,7,9-11,13H2,1-2H3,(H,21,25)(H,22,24)/t14-,16-/m1/s1. The maximum atomic E-state index is 12.3. The van der Waals surface area contributed by atoms with E-state index in [0.29, 0.717) is 36.0 Å². The van der Waals surface area contributed by atoms with Gasteiger partial charge in [-0.05, 0) is 43.7 Å². The van der Waals surface area contributed by atoms with E-state index < -0.39 is 0 Å². The van der Waals surface area contributed by atoms with Crippen LogP contribution in [0.4, 0.5) is 11.4 Å². The summed E-state index contributed by atoms with van der Waals surface area (Å²) in [5.41, 5.74) is 1.31. The summed E-state index contributed by atoms with van der Waals surface area (Å²) < 4.78 is 5.35. The van der Waals surface area contributed by atoms with Crippen LogP contribution in [0.5, 0.6) is 5.75 Å². The molecular weight excluding hydrogens is 330 g/mol. The highest BCUT2D eigenvalue weighted by Gasteiger charge is 2.37. The van der Waals surface area contributed by atoms with Gasteiger partial charge in [-0.3, -0.25) is 14.5 Å². The van der Waals surface area contributed by atoms with Gasteiger partial charge in [-0.1, -0.05) is 6.92 Å². The van der Waals surface area contributed by atoms with Gasteiger partial charge in [-0.25, -0.2) is 0 Å². The Morgan fingerprint density at radius 2 is 2.00 bits per heavy atom. The van der Waals surface area contributed by atoms with Crippen LogP contribution in [-0.2, 0) is 9.59 Å². The molecule has 1 aromatic carbocycles. The number of methoxy groups -OCH3 is 1. The van der Waals surface area contributed by atoms with Gasteiger partial charge in [-0.2, -0.15) is 0 Å². The lowest BCUT2D eigenvalue weighted by Gasteiger charge is -2.26. The number of ether oxygens (including phenoxy) is 1. The number of carbonyl (C=O) groups is 2. The Bertz CT molecular complexity index is 662. The molecule has 6 heteroatoms. The SMILES string of the molecule is CCCC(=O)Nc1ccc(NC(=O)CCN2C[C@@H]3CC[C@@H]2C3)cc1OC. The zero-order valence-corrected chi connectivity index (χ0v) is 15.7. The number of rotatable bonds is 8. The van der Waals surface area contributed by atoms with Crippen molar-refractivity contribution in [3.05, 3.63) is 18.2 Å². The molecule has 1 aliphatic heterocycles. The molecule has 2 aliphatic rings. The zero-order chi connectivity index (χ0) is 18.5. The molecule has 3 rings (SSSR count). The van der Waals surface area contributed by atoms with Crippen LogP contribution in [-0.4, -0.2) is 43.0 Å². The summed E-state index contributed by atoms with van der Waals surface area (Å²) >= 11 is 0. The summed E-state index contributed by atoms with van der Waals surface area (Å²) in [6.07, 6.45) is 5.72. The van der Waals surface area contributed by atoms with Gasteiger partial charge in [0.25, 0.3) is 0 Å². The molecule has 1 heterocycles. The molecule has 0 aromatic heterocycles. The minimum absolute atomic E-state index is 0.0117. The number of anilines is 2. The van der Waals surface area contributed by atoms with E-state index in [-0.39, 0.29) is 11.8 Å². The molecule has 2 N–H and O–H groups in total. The van der Waals surface area contributed by atoms with Gasteiger partial charge in [0.2, 0.25) is 11.8 Å². The monoisotopic (exact) mass is 359 g/mol. The van der Waals surface area contributed by atoms with Crippen LogP contribution in [0.2, 0.25) is 0 Å². The Morgan fingerprint density at radius 1 is 1.19 bits per heavy atom. The number of piperidine rings is 1. The Balaban J connectivity index is 1.52. The molecule has 1 saturated carbocycles. The summed E-state index contributed by atoms with van der Waals surface area (Å²) in [6, 6.07) is 6.00. The minimum atomic E-state index is -0.0394. The highest BCUT2D eigenvalue weighted by molar-refractivity contribution is 5.94. The number of benzene rings is 1. The average Bonchev–Trinajstić information content (AvgIpc) is 3.24. The van der Waals surface area contributed by atoms with E-state index in [1.165, 1.54) is 19.3 Å². The quantitative estimate of drug-likeness (QED) is 0.747. The predicted octanol–water partition coefficient (Wildman–Crippen LogP) is 3.25. The Kier molecular flexibility index (Phi) is 6.14. The normalized spacial score (nSPS) is 21.6. The summed E-state index contributed by atoms with van der Waals surface area (Å²) in [4.78, 5) is 26.5. The second kappa shape index (κ2) is 8.54. The highest BCUT2D eigenvalue weighted by Crippen LogP contribution is 2.37. The second-order valence-corrected chi connectivity index (χ2v) is 7.34. The highest BCUT2D eigenvalue weighted by atomic mass is 16.5. The van der Waals surface area contributed by atoms with Crippen LogP contribution in [0.15, 0.2) is 18.2 Å². The molecular formula is C20H29N3O3. The van der Waals surface area contributed by atoms with Gasteiger partial charge in [-0.15, -0.1) is 0 Å². The number of nitrogens with one attached hydrogen (secondary N) is 2. The molecule has 2 bridgehead atoms. The first-order valence-corrected chi connectivity index (χ1v) is 9.60. The smallest absolute Gasteiger partial charge is 0.225 e.